The summed E-state index contributed by atoms with van der Waals surface area (Å²) in [6.07, 6.45) is 1.18. The maximum Gasteiger partial charge on any atom is 0.269 e. The van der Waals surface area contributed by atoms with Crippen molar-refractivity contribution in [2.24, 2.45) is 0 Å². The largest absolute Gasteiger partial charge is 0.354 e. The lowest BCUT2D eigenvalue weighted by Gasteiger charge is -2.10. The number of nitrogens with zero attached hydrogens (tertiary/aromatic N) is 4. The van der Waals surface area contributed by atoms with E-state index in [0.29, 0.717) is 17.4 Å². The zero-order chi connectivity index (χ0) is 21.5. The van der Waals surface area contributed by atoms with Crippen molar-refractivity contribution in [2.45, 2.75) is 37.9 Å². The maximum atomic E-state index is 11.8. The van der Waals surface area contributed by atoms with Gasteiger partial charge in [0.1, 0.15) is 0 Å². The normalized spacial score (nSPS) is 10.9. The molecule has 0 radical (unpaired) electrons. The SMILES string of the molecule is CC(C)NC(=O)CCCSc1nnc(-c2ccc([N+](=O)[O-])cc2)n1-c1ccccc1. The van der Waals surface area contributed by atoms with E-state index >= 15 is 0 Å². The van der Waals surface area contributed by atoms with Gasteiger partial charge in [-0.3, -0.25) is 19.5 Å². The summed E-state index contributed by atoms with van der Waals surface area (Å²) < 4.78 is 1.93. The first kappa shape index (κ1) is 21.5. The number of hydrogen-bond donors (Lipinski definition) is 1. The second-order valence-electron chi connectivity index (χ2n) is 6.96. The highest BCUT2D eigenvalue weighted by molar-refractivity contribution is 7.99. The van der Waals surface area contributed by atoms with E-state index in [-0.39, 0.29) is 17.6 Å². The molecule has 1 amide bonds. The van der Waals surface area contributed by atoms with Crippen LogP contribution in [-0.2, 0) is 4.79 Å². The summed E-state index contributed by atoms with van der Waals surface area (Å²) in [7, 11) is 0. The standard InChI is InChI=1S/C21H23N5O3S/c1-15(2)22-19(27)9-6-14-30-21-24-23-20(25(21)17-7-4-3-5-8-17)16-10-12-18(13-11-16)26(28)29/h3-5,7-8,10-13,15H,6,9,14H2,1-2H3,(H,22,27). The van der Waals surface area contributed by atoms with Crippen LogP contribution in [0.1, 0.15) is 26.7 Å². The Balaban J connectivity index is 1.80. The number of amides is 1. The lowest BCUT2D eigenvalue weighted by molar-refractivity contribution is -0.384. The van der Waals surface area contributed by atoms with Crippen molar-refractivity contribution in [3.63, 3.8) is 0 Å². The lowest BCUT2D eigenvalue weighted by Crippen LogP contribution is -2.29. The maximum absolute atomic E-state index is 11.8. The lowest BCUT2D eigenvalue weighted by atomic mass is 10.2. The van der Waals surface area contributed by atoms with E-state index in [2.05, 4.69) is 15.5 Å². The molecule has 1 N–H and O–H groups in total. The third-order valence-electron chi connectivity index (χ3n) is 4.21. The van der Waals surface area contributed by atoms with Crippen molar-refractivity contribution in [2.75, 3.05) is 5.75 Å². The fourth-order valence-corrected chi connectivity index (χ4v) is 3.77. The predicted molar refractivity (Wildman–Crippen MR) is 117 cm³/mol. The van der Waals surface area contributed by atoms with Gasteiger partial charge in [-0.2, -0.15) is 0 Å². The highest BCUT2D eigenvalue weighted by atomic mass is 32.2. The molecule has 30 heavy (non-hydrogen) atoms. The van der Waals surface area contributed by atoms with Crippen LogP contribution in [0.25, 0.3) is 17.1 Å². The van der Waals surface area contributed by atoms with E-state index in [1.165, 1.54) is 23.9 Å². The van der Waals surface area contributed by atoms with E-state index in [1.54, 1.807) is 12.1 Å². The summed E-state index contributed by atoms with van der Waals surface area (Å²) >= 11 is 1.53. The van der Waals surface area contributed by atoms with Gasteiger partial charge in [-0.15, -0.1) is 10.2 Å². The van der Waals surface area contributed by atoms with Gasteiger partial charge in [0.25, 0.3) is 5.69 Å². The molecule has 0 spiro atoms. The van der Waals surface area contributed by atoms with E-state index < -0.39 is 4.92 Å². The van der Waals surface area contributed by atoms with Crippen LogP contribution >= 0.6 is 11.8 Å². The molecule has 156 valence electrons. The fraction of sp³-hybridized carbons (Fsp3) is 0.286. The average molecular weight is 426 g/mol. The number of para-hydroxylation sites is 1. The molecule has 0 aliphatic rings. The first-order chi connectivity index (χ1) is 14.5. The molecule has 0 saturated carbocycles. The van der Waals surface area contributed by atoms with Gasteiger partial charge in [-0.1, -0.05) is 30.0 Å². The number of non-ortho nitro benzene ring substituents is 1. The molecule has 0 saturated heterocycles. The minimum absolute atomic E-state index is 0.0267. The third-order valence-corrected chi connectivity index (χ3v) is 5.23. The van der Waals surface area contributed by atoms with Crippen LogP contribution in [0.5, 0.6) is 0 Å². The van der Waals surface area contributed by atoms with Crippen LogP contribution in [0, 0.1) is 10.1 Å². The minimum atomic E-state index is -0.428. The van der Waals surface area contributed by atoms with E-state index in [9.17, 15) is 14.9 Å². The number of hydrogen-bond acceptors (Lipinski definition) is 6. The Morgan fingerprint density at radius 1 is 1.13 bits per heavy atom. The molecule has 8 nitrogen and oxygen atoms in total. The topological polar surface area (TPSA) is 103 Å². The number of carbonyl (C=O) groups is 1. The van der Waals surface area contributed by atoms with Crippen LogP contribution in [0.2, 0.25) is 0 Å². The number of aromatic nitrogens is 3. The van der Waals surface area contributed by atoms with Gasteiger partial charge < -0.3 is 5.32 Å². The fourth-order valence-electron chi connectivity index (χ4n) is 2.88. The Kier molecular flexibility index (Phi) is 7.18. The number of nitrogens with one attached hydrogen (secondary N) is 1. The Hall–Kier alpha value is -3.20. The van der Waals surface area contributed by atoms with Gasteiger partial charge in [0, 0.05) is 41.6 Å². The molecule has 0 atom stereocenters. The summed E-state index contributed by atoms with van der Waals surface area (Å²) in [5.41, 5.74) is 1.66. The summed E-state index contributed by atoms with van der Waals surface area (Å²) in [5, 5.41) is 23.2. The minimum Gasteiger partial charge on any atom is -0.354 e. The number of benzene rings is 2. The average Bonchev–Trinajstić information content (AvgIpc) is 3.15. The molecule has 0 aliphatic carbocycles. The molecule has 1 aromatic heterocycles. The second-order valence-corrected chi connectivity index (χ2v) is 8.02. The molecular formula is C21H23N5O3S. The molecule has 0 bridgehead atoms. The zero-order valence-electron chi connectivity index (χ0n) is 16.8. The van der Waals surface area contributed by atoms with Crippen molar-refractivity contribution >= 4 is 23.4 Å². The molecule has 0 fully saturated rings. The van der Waals surface area contributed by atoms with Gasteiger partial charge in [0.2, 0.25) is 5.91 Å². The zero-order valence-corrected chi connectivity index (χ0v) is 17.6. The van der Waals surface area contributed by atoms with Gasteiger partial charge in [-0.25, -0.2) is 0 Å². The first-order valence-corrected chi connectivity index (χ1v) is 10.6. The molecule has 0 unspecified atom stereocenters. The van der Waals surface area contributed by atoms with Crippen molar-refractivity contribution in [3.05, 3.63) is 64.7 Å². The van der Waals surface area contributed by atoms with Crippen LogP contribution in [0.15, 0.2) is 59.8 Å². The predicted octanol–water partition coefficient (Wildman–Crippen LogP) is 4.24. The summed E-state index contributed by atoms with van der Waals surface area (Å²) in [6.45, 7) is 3.88. The third kappa shape index (κ3) is 5.44. The number of rotatable bonds is 9. The molecule has 1 heterocycles. The molecule has 2 aromatic carbocycles. The summed E-state index contributed by atoms with van der Waals surface area (Å²) in [4.78, 5) is 22.3. The van der Waals surface area contributed by atoms with Crippen LogP contribution in [0.3, 0.4) is 0 Å². The Bertz CT molecular complexity index is 1000. The van der Waals surface area contributed by atoms with E-state index in [4.69, 9.17) is 0 Å². The molecule has 3 aromatic rings. The van der Waals surface area contributed by atoms with E-state index in [1.807, 2.05) is 48.7 Å². The Morgan fingerprint density at radius 3 is 2.47 bits per heavy atom. The second kappa shape index (κ2) is 10.0. The van der Waals surface area contributed by atoms with Crippen molar-refractivity contribution < 1.29 is 9.72 Å². The molecule has 3 rings (SSSR count). The number of thioether (sulfide) groups is 1. The van der Waals surface area contributed by atoms with E-state index in [0.717, 1.165) is 23.4 Å². The van der Waals surface area contributed by atoms with Crippen molar-refractivity contribution in [3.8, 4) is 17.1 Å². The number of carbonyl (C=O) groups excluding carboxylic acids is 1. The van der Waals surface area contributed by atoms with Gasteiger partial charge in [0.05, 0.1) is 4.92 Å². The Labute approximate surface area is 178 Å². The van der Waals surface area contributed by atoms with Gasteiger partial charge in [0.15, 0.2) is 11.0 Å². The quantitative estimate of drug-likeness (QED) is 0.238. The molecule has 9 heteroatoms. The monoisotopic (exact) mass is 425 g/mol. The molecular weight excluding hydrogens is 402 g/mol. The van der Waals surface area contributed by atoms with Crippen molar-refractivity contribution in [1.29, 1.82) is 0 Å². The van der Waals surface area contributed by atoms with Crippen LogP contribution < -0.4 is 5.32 Å². The van der Waals surface area contributed by atoms with Crippen LogP contribution in [0.4, 0.5) is 5.69 Å². The Morgan fingerprint density at radius 2 is 1.83 bits per heavy atom. The van der Waals surface area contributed by atoms with Gasteiger partial charge >= 0.3 is 0 Å². The number of nitro groups is 1. The molecule has 0 aliphatic heterocycles. The van der Waals surface area contributed by atoms with Crippen molar-refractivity contribution in [1.82, 2.24) is 20.1 Å². The summed E-state index contributed by atoms with van der Waals surface area (Å²) in [6, 6.07) is 16.1. The first-order valence-electron chi connectivity index (χ1n) is 9.63. The van der Waals surface area contributed by atoms with Gasteiger partial charge in [-0.05, 0) is 44.5 Å². The highest BCUT2D eigenvalue weighted by Gasteiger charge is 2.17. The highest BCUT2D eigenvalue weighted by Crippen LogP contribution is 2.29. The van der Waals surface area contributed by atoms with Crippen LogP contribution in [-0.4, -0.2) is 37.4 Å². The summed E-state index contributed by atoms with van der Waals surface area (Å²) in [5.74, 6) is 1.37. The number of nitro benzene ring substituents is 1. The smallest absolute Gasteiger partial charge is 0.269 e.